The highest BCUT2D eigenvalue weighted by atomic mass is 19.1. The molecule has 5 heteroatoms. The van der Waals surface area contributed by atoms with E-state index < -0.39 is 23.7 Å². The topological polar surface area (TPSA) is 55.4 Å². The van der Waals surface area contributed by atoms with Crippen molar-refractivity contribution in [3.8, 4) is 0 Å². The van der Waals surface area contributed by atoms with Gasteiger partial charge in [0.1, 0.15) is 11.9 Å². The van der Waals surface area contributed by atoms with Gasteiger partial charge in [0.25, 0.3) is 5.91 Å². The molecule has 0 bridgehead atoms. The normalized spacial score (nSPS) is 11.5. The smallest absolute Gasteiger partial charge is 0.328 e. The van der Waals surface area contributed by atoms with E-state index in [0.29, 0.717) is 5.57 Å². The number of methoxy groups -OCH3 is 1. The average molecular weight is 265 g/mol. The molecule has 4 nitrogen and oxygen atoms in total. The fourth-order valence-electron chi connectivity index (χ4n) is 1.57. The summed E-state index contributed by atoms with van der Waals surface area (Å²) in [5, 5.41) is 2.44. The molecule has 19 heavy (non-hydrogen) atoms. The van der Waals surface area contributed by atoms with Crippen LogP contribution in [-0.2, 0) is 9.53 Å². The van der Waals surface area contributed by atoms with Crippen LogP contribution in [0.15, 0.2) is 36.4 Å². The summed E-state index contributed by atoms with van der Waals surface area (Å²) in [6.07, 6.45) is 0.243. The molecule has 0 saturated heterocycles. The number of hydrogen-bond acceptors (Lipinski definition) is 3. The first-order chi connectivity index (χ1) is 8.95. The fraction of sp³-hybridized carbons (Fsp3) is 0.286. The average Bonchev–Trinajstić information content (AvgIpc) is 2.36. The van der Waals surface area contributed by atoms with Crippen molar-refractivity contribution >= 4 is 11.9 Å². The van der Waals surface area contributed by atoms with Crippen LogP contribution in [0.3, 0.4) is 0 Å². The lowest BCUT2D eigenvalue weighted by Crippen LogP contribution is -2.41. The van der Waals surface area contributed by atoms with Gasteiger partial charge in [-0.05, 0) is 25.5 Å². The van der Waals surface area contributed by atoms with E-state index >= 15 is 0 Å². The van der Waals surface area contributed by atoms with Gasteiger partial charge >= 0.3 is 5.97 Å². The minimum absolute atomic E-state index is 0.113. The van der Waals surface area contributed by atoms with Crippen molar-refractivity contribution in [2.45, 2.75) is 19.4 Å². The minimum Gasteiger partial charge on any atom is -0.467 e. The Kier molecular flexibility index (Phi) is 5.23. The predicted octanol–water partition coefficient (Wildman–Crippen LogP) is 2.06. The van der Waals surface area contributed by atoms with E-state index in [-0.39, 0.29) is 12.0 Å². The summed E-state index contributed by atoms with van der Waals surface area (Å²) in [4.78, 5) is 23.4. The number of benzene rings is 1. The second-order valence-electron chi connectivity index (χ2n) is 4.19. The molecule has 1 N–H and O–H groups in total. The fourth-order valence-corrected chi connectivity index (χ4v) is 1.57. The molecule has 102 valence electrons. The van der Waals surface area contributed by atoms with E-state index in [9.17, 15) is 14.0 Å². The van der Waals surface area contributed by atoms with E-state index in [2.05, 4.69) is 16.6 Å². The molecule has 0 radical (unpaired) electrons. The van der Waals surface area contributed by atoms with E-state index in [0.717, 1.165) is 0 Å². The number of carbonyl (C=O) groups excluding carboxylic acids is 2. The Balaban J connectivity index is 2.85. The van der Waals surface area contributed by atoms with Crippen molar-refractivity contribution in [2.24, 2.45) is 0 Å². The lowest BCUT2D eigenvalue weighted by atomic mass is 10.1. The van der Waals surface area contributed by atoms with E-state index in [1.807, 2.05) is 0 Å². The second kappa shape index (κ2) is 6.68. The van der Waals surface area contributed by atoms with Crippen LogP contribution in [0.5, 0.6) is 0 Å². The molecular weight excluding hydrogens is 249 g/mol. The quantitative estimate of drug-likeness (QED) is 0.655. The van der Waals surface area contributed by atoms with Crippen molar-refractivity contribution in [2.75, 3.05) is 7.11 Å². The Morgan fingerprint density at radius 2 is 2.05 bits per heavy atom. The molecule has 0 spiro atoms. The molecule has 0 aliphatic heterocycles. The number of carbonyl (C=O) groups is 2. The Labute approximate surface area is 111 Å². The Morgan fingerprint density at radius 1 is 1.42 bits per heavy atom. The van der Waals surface area contributed by atoms with Gasteiger partial charge in [-0.15, -0.1) is 6.58 Å². The van der Waals surface area contributed by atoms with Gasteiger partial charge in [-0.2, -0.15) is 0 Å². The van der Waals surface area contributed by atoms with Crippen LogP contribution in [0, 0.1) is 5.82 Å². The summed E-state index contributed by atoms with van der Waals surface area (Å²) in [6.45, 7) is 5.40. The molecule has 1 aromatic carbocycles. The number of hydrogen-bond donors (Lipinski definition) is 1. The van der Waals surface area contributed by atoms with Crippen LogP contribution in [0.25, 0.3) is 0 Å². The van der Waals surface area contributed by atoms with Crippen LogP contribution in [-0.4, -0.2) is 25.0 Å². The third-order valence-corrected chi connectivity index (χ3v) is 2.46. The van der Waals surface area contributed by atoms with Gasteiger partial charge in [0.15, 0.2) is 0 Å². The third kappa shape index (κ3) is 4.21. The maximum Gasteiger partial charge on any atom is 0.328 e. The van der Waals surface area contributed by atoms with Crippen LogP contribution in [0.4, 0.5) is 4.39 Å². The molecule has 1 atom stereocenters. The number of nitrogens with one attached hydrogen (secondary N) is 1. The van der Waals surface area contributed by atoms with Gasteiger partial charge < -0.3 is 10.1 Å². The summed E-state index contributed by atoms with van der Waals surface area (Å²) < 4.78 is 18.0. The zero-order chi connectivity index (χ0) is 14.4. The third-order valence-electron chi connectivity index (χ3n) is 2.46. The van der Waals surface area contributed by atoms with Gasteiger partial charge in [0.05, 0.1) is 12.7 Å². The van der Waals surface area contributed by atoms with Gasteiger partial charge in [-0.3, -0.25) is 4.79 Å². The standard InChI is InChI=1S/C14H16FNO3/c1-9(2)8-12(14(18)19-3)16-13(17)10-6-4-5-7-11(10)15/h4-7,12H,1,8H2,2-3H3,(H,16,17)/t12-/m0/s1. The van der Waals surface area contributed by atoms with Gasteiger partial charge in [0.2, 0.25) is 0 Å². The van der Waals surface area contributed by atoms with Crippen molar-refractivity contribution in [1.82, 2.24) is 5.32 Å². The summed E-state index contributed by atoms with van der Waals surface area (Å²) in [6, 6.07) is 4.69. The van der Waals surface area contributed by atoms with Gasteiger partial charge in [-0.25, -0.2) is 9.18 Å². The molecule has 1 amide bonds. The molecule has 0 aromatic heterocycles. The van der Waals surface area contributed by atoms with Crippen molar-refractivity contribution in [1.29, 1.82) is 0 Å². The second-order valence-corrected chi connectivity index (χ2v) is 4.19. The van der Waals surface area contributed by atoms with Gasteiger partial charge in [0, 0.05) is 0 Å². The Hall–Kier alpha value is -2.17. The highest BCUT2D eigenvalue weighted by molar-refractivity contribution is 5.97. The number of ether oxygens (including phenoxy) is 1. The lowest BCUT2D eigenvalue weighted by Gasteiger charge is -2.16. The maximum absolute atomic E-state index is 13.4. The lowest BCUT2D eigenvalue weighted by molar-refractivity contribution is -0.142. The van der Waals surface area contributed by atoms with Crippen LogP contribution in [0.2, 0.25) is 0 Å². The summed E-state index contributed by atoms with van der Waals surface area (Å²) >= 11 is 0. The monoisotopic (exact) mass is 265 g/mol. The maximum atomic E-state index is 13.4. The molecular formula is C14H16FNO3. The highest BCUT2D eigenvalue weighted by Gasteiger charge is 2.23. The first-order valence-electron chi connectivity index (χ1n) is 5.73. The van der Waals surface area contributed by atoms with E-state index in [1.165, 1.54) is 25.3 Å². The molecule has 0 aliphatic rings. The SMILES string of the molecule is C=C(C)C[C@H](NC(=O)c1ccccc1F)C(=O)OC. The number of esters is 1. The molecule has 0 heterocycles. The highest BCUT2D eigenvalue weighted by Crippen LogP contribution is 2.09. The van der Waals surface area contributed by atoms with E-state index in [1.54, 1.807) is 13.0 Å². The Bertz CT molecular complexity index is 499. The zero-order valence-corrected chi connectivity index (χ0v) is 10.9. The molecule has 1 aromatic rings. The first kappa shape index (κ1) is 14.9. The molecule has 0 saturated carbocycles. The minimum atomic E-state index is -0.866. The number of halogens is 1. The zero-order valence-electron chi connectivity index (χ0n) is 10.9. The first-order valence-corrected chi connectivity index (χ1v) is 5.73. The molecule has 0 fully saturated rings. The molecule has 0 aliphatic carbocycles. The summed E-state index contributed by atoms with van der Waals surface area (Å²) in [5.74, 6) is -1.89. The summed E-state index contributed by atoms with van der Waals surface area (Å²) in [5.41, 5.74) is 0.599. The van der Waals surface area contributed by atoms with Crippen molar-refractivity contribution in [3.63, 3.8) is 0 Å². The van der Waals surface area contributed by atoms with E-state index in [4.69, 9.17) is 0 Å². The summed E-state index contributed by atoms with van der Waals surface area (Å²) in [7, 11) is 1.23. The molecule has 0 unspecified atom stereocenters. The van der Waals surface area contributed by atoms with Gasteiger partial charge in [-0.1, -0.05) is 17.7 Å². The number of amides is 1. The Morgan fingerprint density at radius 3 is 2.58 bits per heavy atom. The predicted molar refractivity (Wildman–Crippen MR) is 69.1 cm³/mol. The van der Waals surface area contributed by atoms with Crippen molar-refractivity contribution < 1.29 is 18.7 Å². The number of rotatable bonds is 5. The molecule has 1 rings (SSSR count). The van der Waals surface area contributed by atoms with Crippen LogP contribution in [0.1, 0.15) is 23.7 Å². The van der Waals surface area contributed by atoms with Crippen LogP contribution >= 0.6 is 0 Å². The largest absolute Gasteiger partial charge is 0.467 e. The van der Waals surface area contributed by atoms with Crippen LogP contribution < -0.4 is 5.32 Å². The van der Waals surface area contributed by atoms with Crippen molar-refractivity contribution in [3.05, 3.63) is 47.8 Å².